The molecule has 0 aliphatic carbocycles. The Morgan fingerprint density at radius 2 is 1.65 bits per heavy atom. The highest BCUT2D eigenvalue weighted by molar-refractivity contribution is 7.54. The van der Waals surface area contributed by atoms with Gasteiger partial charge in [-0.25, -0.2) is 0 Å². The van der Waals surface area contributed by atoms with E-state index in [1.165, 1.54) is 18.3 Å². The fraction of sp³-hybridized carbons (Fsp3) is 0.278. The average molecular weight is 376 g/mol. The van der Waals surface area contributed by atoms with E-state index in [0.29, 0.717) is 11.1 Å². The number of nitrogens with zero attached hydrogens (tertiary/aromatic N) is 2. The summed E-state index contributed by atoms with van der Waals surface area (Å²) in [6, 6.07) is 15.1. The van der Waals surface area contributed by atoms with Crippen LogP contribution in [0.4, 0.5) is 5.69 Å². The van der Waals surface area contributed by atoms with Crippen LogP contribution in [0.2, 0.25) is 0 Å². The van der Waals surface area contributed by atoms with Crippen molar-refractivity contribution in [3.05, 3.63) is 75.8 Å². The number of hydrogen-bond acceptors (Lipinski definition) is 6. The largest absolute Gasteiger partial charge is 0.359 e. The summed E-state index contributed by atoms with van der Waals surface area (Å²) in [7, 11) is -3.52. The van der Waals surface area contributed by atoms with Crippen molar-refractivity contribution in [2.75, 3.05) is 13.2 Å². The van der Waals surface area contributed by atoms with Crippen molar-refractivity contribution in [2.45, 2.75) is 19.6 Å². The Kier molecular flexibility index (Phi) is 7.21. The minimum atomic E-state index is -3.52. The highest BCUT2D eigenvalue weighted by atomic mass is 31.2. The van der Waals surface area contributed by atoms with Crippen LogP contribution in [0.15, 0.2) is 59.6 Å². The third-order valence-corrected chi connectivity index (χ3v) is 5.75. The van der Waals surface area contributed by atoms with Gasteiger partial charge < -0.3 is 9.05 Å². The second-order valence-electron chi connectivity index (χ2n) is 5.29. The number of benzene rings is 2. The SMILES string of the molecule is CCOP(=O)(OCC)C(/N=C\c1ccc([N+](=O)[O-])cc1)c1ccccc1. The van der Waals surface area contributed by atoms with Crippen molar-refractivity contribution in [1.82, 2.24) is 0 Å². The molecule has 0 saturated carbocycles. The lowest BCUT2D eigenvalue weighted by molar-refractivity contribution is -0.384. The predicted octanol–water partition coefficient (Wildman–Crippen LogP) is 4.98. The van der Waals surface area contributed by atoms with Crippen LogP contribution in [0.1, 0.15) is 30.8 Å². The normalized spacial score (nSPS) is 13.0. The summed E-state index contributed by atoms with van der Waals surface area (Å²) in [6.45, 7) is 3.95. The van der Waals surface area contributed by atoms with E-state index in [-0.39, 0.29) is 18.9 Å². The average Bonchev–Trinajstić information content (AvgIpc) is 2.63. The quantitative estimate of drug-likeness (QED) is 0.266. The maximum atomic E-state index is 13.2. The Hall–Kier alpha value is -2.34. The zero-order valence-corrected chi connectivity index (χ0v) is 15.5. The highest BCUT2D eigenvalue weighted by Crippen LogP contribution is 2.61. The van der Waals surface area contributed by atoms with Crippen LogP contribution in [-0.4, -0.2) is 24.4 Å². The van der Waals surface area contributed by atoms with Crippen molar-refractivity contribution in [1.29, 1.82) is 0 Å². The number of nitro benzene ring substituents is 1. The Balaban J connectivity index is 2.37. The van der Waals surface area contributed by atoms with E-state index in [0.717, 1.165) is 0 Å². The van der Waals surface area contributed by atoms with Crippen LogP contribution < -0.4 is 0 Å². The maximum Gasteiger partial charge on any atom is 0.359 e. The fourth-order valence-electron chi connectivity index (χ4n) is 2.35. The van der Waals surface area contributed by atoms with Gasteiger partial charge >= 0.3 is 7.60 Å². The molecule has 0 spiro atoms. The Morgan fingerprint density at radius 1 is 1.08 bits per heavy atom. The molecule has 1 unspecified atom stereocenters. The molecule has 0 aliphatic rings. The zero-order chi connectivity index (χ0) is 19.0. The van der Waals surface area contributed by atoms with Gasteiger partial charge in [-0.15, -0.1) is 0 Å². The molecule has 0 fully saturated rings. The van der Waals surface area contributed by atoms with E-state index in [1.807, 2.05) is 30.3 Å². The van der Waals surface area contributed by atoms with Gasteiger partial charge in [-0.3, -0.25) is 19.7 Å². The van der Waals surface area contributed by atoms with Gasteiger partial charge in [-0.1, -0.05) is 30.3 Å². The van der Waals surface area contributed by atoms with Crippen LogP contribution in [0.25, 0.3) is 0 Å². The number of nitro groups is 1. The van der Waals surface area contributed by atoms with Gasteiger partial charge in [-0.05, 0) is 37.1 Å². The summed E-state index contributed by atoms with van der Waals surface area (Å²) in [5, 5.41) is 10.7. The molecular formula is C18H21N2O5P. The molecule has 2 aromatic rings. The summed E-state index contributed by atoms with van der Waals surface area (Å²) < 4.78 is 24.1. The van der Waals surface area contributed by atoms with Crippen molar-refractivity contribution in [3.8, 4) is 0 Å². The molecule has 2 aromatic carbocycles. The molecule has 1 atom stereocenters. The molecule has 26 heavy (non-hydrogen) atoms. The number of rotatable bonds is 9. The second kappa shape index (κ2) is 9.38. The van der Waals surface area contributed by atoms with Gasteiger partial charge in [0, 0.05) is 18.3 Å². The number of hydrogen-bond donors (Lipinski definition) is 0. The molecular weight excluding hydrogens is 355 g/mol. The molecule has 0 saturated heterocycles. The third kappa shape index (κ3) is 5.08. The van der Waals surface area contributed by atoms with Gasteiger partial charge in [-0.2, -0.15) is 0 Å². The molecule has 0 heterocycles. The molecule has 0 bridgehead atoms. The highest BCUT2D eigenvalue weighted by Gasteiger charge is 2.36. The number of non-ortho nitro benzene ring substituents is 1. The van der Waals surface area contributed by atoms with Gasteiger partial charge in [0.05, 0.1) is 18.1 Å². The standard InChI is InChI=1S/C18H21N2O5P/c1-3-24-26(23,25-4-2)18(16-8-6-5-7-9-16)19-14-15-10-12-17(13-11-15)20(21)22/h5-14,18H,3-4H2,1-2H3/b19-14-. The topological polar surface area (TPSA) is 91.0 Å². The third-order valence-electron chi connectivity index (χ3n) is 3.48. The molecule has 0 amide bonds. The molecule has 8 heteroatoms. The first-order valence-electron chi connectivity index (χ1n) is 8.21. The van der Waals surface area contributed by atoms with E-state index in [1.54, 1.807) is 26.0 Å². The van der Waals surface area contributed by atoms with Gasteiger partial charge in [0.15, 0.2) is 5.78 Å². The monoisotopic (exact) mass is 376 g/mol. The van der Waals surface area contributed by atoms with Crippen molar-refractivity contribution in [3.63, 3.8) is 0 Å². The van der Waals surface area contributed by atoms with Crippen LogP contribution in [-0.2, 0) is 13.6 Å². The van der Waals surface area contributed by atoms with Crippen LogP contribution in [0, 0.1) is 10.1 Å². The van der Waals surface area contributed by atoms with E-state index >= 15 is 0 Å². The minimum Gasteiger partial charge on any atom is -0.307 e. The predicted molar refractivity (Wildman–Crippen MR) is 101 cm³/mol. The molecule has 0 aromatic heterocycles. The molecule has 7 nitrogen and oxygen atoms in total. The molecule has 0 radical (unpaired) electrons. The first-order valence-corrected chi connectivity index (χ1v) is 9.82. The zero-order valence-electron chi connectivity index (χ0n) is 14.6. The fourth-order valence-corrected chi connectivity index (χ4v) is 4.20. The Labute approximate surface area is 152 Å². The van der Waals surface area contributed by atoms with E-state index in [2.05, 4.69) is 4.99 Å². The van der Waals surface area contributed by atoms with Crippen molar-refractivity contribution >= 4 is 19.5 Å². The van der Waals surface area contributed by atoms with Gasteiger partial charge in [0.1, 0.15) is 0 Å². The first kappa shape index (κ1) is 20.0. The number of aliphatic imine (C=N–C) groups is 1. The van der Waals surface area contributed by atoms with Crippen LogP contribution in [0.5, 0.6) is 0 Å². The Bertz CT molecular complexity index is 783. The Morgan fingerprint density at radius 3 is 2.15 bits per heavy atom. The summed E-state index contributed by atoms with van der Waals surface area (Å²) in [5.41, 5.74) is 1.35. The molecule has 2 rings (SSSR count). The second-order valence-corrected chi connectivity index (χ2v) is 7.37. The molecule has 0 aliphatic heterocycles. The summed E-state index contributed by atoms with van der Waals surface area (Å²) in [6.07, 6.45) is 1.52. The smallest absolute Gasteiger partial charge is 0.307 e. The van der Waals surface area contributed by atoms with E-state index in [9.17, 15) is 14.7 Å². The summed E-state index contributed by atoms with van der Waals surface area (Å²) >= 11 is 0. The van der Waals surface area contributed by atoms with Crippen LogP contribution in [0.3, 0.4) is 0 Å². The minimum absolute atomic E-state index is 0.00364. The lowest BCUT2D eigenvalue weighted by Gasteiger charge is -2.23. The first-order chi connectivity index (χ1) is 12.5. The van der Waals surface area contributed by atoms with Crippen molar-refractivity contribution < 1.29 is 18.5 Å². The van der Waals surface area contributed by atoms with Crippen LogP contribution >= 0.6 is 7.60 Å². The van der Waals surface area contributed by atoms with Crippen molar-refractivity contribution in [2.24, 2.45) is 4.99 Å². The lowest BCUT2D eigenvalue weighted by atomic mass is 10.2. The van der Waals surface area contributed by atoms with E-state index < -0.39 is 18.3 Å². The van der Waals surface area contributed by atoms with Gasteiger partial charge in [0.25, 0.3) is 5.69 Å². The maximum absolute atomic E-state index is 13.2. The summed E-state index contributed by atoms with van der Waals surface area (Å²) in [5.74, 6) is -0.821. The molecule has 138 valence electrons. The summed E-state index contributed by atoms with van der Waals surface area (Å²) in [4.78, 5) is 14.7. The van der Waals surface area contributed by atoms with E-state index in [4.69, 9.17) is 9.05 Å². The van der Waals surface area contributed by atoms with Gasteiger partial charge in [0.2, 0.25) is 0 Å². The molecule has 0 N–H and O–H groups in total. The lowest BCUT2D eigenvalue weighted by Crippen LogP contribution is -2.05.